The standard InChI is InChI=1S/C14H17ClN4O/c1-18(2)14-17-9-12(19(14)3)8-16-13(20)10-5-4-6-11(15)7-10/h4-7,9H,8H2,1-3H3,(H,16,20). The number of imidazole rings is 1. The first-order valence-electron chi connectivity index (χ1n) is 6.20. The van der Waals surface area contributed by atoms with Crippen molar-refractivity contribution in [2.24, 2.45) is 7.05 Å². The molecule has 1 aromatic carbocycles. The predicted molar refractivity (Wildman–Crippen MR) is 80.2 cm³/mol. The molecule has 0 saturated heterocycles. The molecular formula is C14H17ClN4O. The summed E-state index contributed by atoms with van der Waals surface area (Å²) in [5, 5.41) is 3.41. The SMILES string of the molecule is CN(C)c1ncc(CNC(=O)c2cccc(Cl)c2)n1C. The Morgan fingerprint density at radius 1 is 1.45 bits per heavy atom. The quantitative estimate of drug-likeness (QED) is 0.938. The van der Waals surface area contributed by atoms with Crippen LogP contribution in [0.2, 0.25) is 5.02 Å². The Labute approximate surface area is 123 Å². The van der Waals surface area contributed by atoms with E-state index in [1.165, 1.54) is 0 Å². The fourth-order valence-corrected chi connectivity index (χ4v) is 2.11. The molecule has 0 radical (unpaired) electrons. The zero-order valence-corrected chi connectivity index (χ0v) is 12.5. The summed E-state index contributed by atoms with van der Waals surface area (Å²) in [7, 11) is 5.77. The molecule has 0 aliphatic carbocycles. The van der Waals surface area contributed by atoms with Crippen LogP contribution in [0, 0.1) is 0 Å². The zero-order valence-electron chi connectivity index (χ0n) is 11.7. The minimum absolute atomic E-state index is 0.153. The van der Waals surface area contributed by atoms with Crippen LogP contribution in [-0.2, 0) is 13.6 Å². The number of hydrogen-bond donors (Lipinski definition) is 1. The zero-order chi connectivity index (χ0) is 14.7. The minimum atomic E-state index is -0.153. The molecule has 0 unspecified atom stereocenters. The monoisotopic (exact) mass is 292 g/mol. The number of hydrogen-bond acceptors (Lipinski definition) is 3. The molecule has 20 heavy (non-hydrogen) atoms. The van der Waals surface area contributed by atoms with E-state index in [0.29, 0.717) is 17.1 Å². The van der Waals surface area contributed by atoms with Crippen molar-refractivity contribution in [2.75, 3.05) is 19.0 Å². The van der Waals surface area contributed by atoms with Crippen molar-refractivity contribution < 1.29 is 4.79 Å². The molecule has 1 N–H and O–H groups in total. The van der Waals surface area contributed by atoms with Gasteiger partial charge in [-0.2, -0.15) is 0 Å². The van der Waals surface area contributed by atoms with Crippen molar-refractivity contribution in [3.05, 3.63) is 46.7 Å². The highest BCUT2D eigenvalue weighted by Gasteiger charge is 2.10. The first kappa shape index (κ1) is 14.4. The molecule has 0 spiro atoms. The van der Waals surface area contributed by atoms with Gasteiger partial charge in [-0.05, 0) is 18.2 Å². The molecule has 0 aliphatic heterocycles. The van der Waals surface area contributed by atoms with Gasteiger partial charge in [0, 0.05) is 31.7 Å². The number of carbonyl (C=O) groups is 1. The summed E-state index contributed by atoms with van der Waals surface area (Å²) >= 11 is 5.87. The third-order valence-corrected chi connectivity index (χ3v) is 3.21. The van der Waals surface area contributed by atoms with E-state index in [1.54, 1.807) is 30.5 Å². The van der Waals surface area contributed by atoms with Gasteiger partial charge in [-0.15, -0.1) is 0 Å². The lowest BCUT2D eigenvalue weighted by molar-refractivity contribution is 0.0950. The van der Waals surface area contributed by atoms with Crippen LogP contribution in [-0.4, -0.2) is 29.6 Å². The van der Waals surface area contributed by atoms with Gasteiger partial charge in [-0.25, -0.2) is 4.98 Å². The Kier molecular flexibility index (Phi) is 4.29. The lowest BCUT2D eigenvalue weighted by Crippen LogP contribution is -2.24. The summed E-state index contributed by atoms with van der Waals surface area (Å²) in [6, 6.07) is 6.87. The van der Waals surface area contributed by atoms with Gasteiger partial charge in [-0.1, -0.05) is 17.7 Å². The third-order valence-electron chi connectivity index (χ3n) is 2.98. The van der Waals surface area contributed by atoms with E-state index < -0.39 is 0 Å². The smallest absolute Gasteiger partial charge is 0.251 e. The molecule has 0 aliphatic rings. The number of benzene rings is 1. The number of rotatable bonds is 4. The summed E-state index contributed by atoms with van der Waals surface area (Å²) in [4.78, 5) is 18.2. The Balaban J connectivity index is 2.04. The molecule has 1 aromatic heterocycles. The number of amides is 1. The summed E-state index contributed by atoms with van der Waals surface area (Å²) in [6.45, 7) is 0.419. The largest absolute Gasteiger partial charge is 0.348 e. The van der Waals surface area contributed by atoms with E-state index >= 15 is 0 Å². The normalized spacial score (nSPS) is 10.4. The molecule has 0 bridgehead atoms. The van der Waals surface area contributed by atoms with Crippen LogP contribution in [0.15, 0.2) is 30.5 Å². The van der Waals surface area contributed by atoms with Crippen LogP contribution in [0.25, 0.3) is 0 Å². The fraction of sp³-hybridized carbons (Fsp3) is 0.286. The molecule has 106 valence electrons. The van der Waals surface area contributed by atoms with Gasteiger partial charge in [0.2, 0.25) is 5.95 Å². The second kappa shape index (κ2) is 5.96. The first-order chi connectivity index (χ1) is 9.49. The molecule has 0 atom stereocenters. The van der Waals surface area contributed by atoms with Gasteiger partial charge in [0.1, 0.15) is 0 Å². The fourth-order valence-electron chi connectivity index (χ4n) is 1.92. The lowest BCUT2D eigenvalue weighted by Gasteiger charge is -2.13. The highest BCUT2D eigenvalue weighted by molar-refractivity contribution is 6.30. The van der Waals surface area contributed by atoms with Gasteiger partial charge >= 0.3 is 0 Å². The molecule has 2 rings (SSSR count). The van der Waals surface area contributed by atoms with Crippen molar-refractivity contribution in [3.63, 3.8) is 0 Å². The summed E-state index contributed by atoms with van der Waals surface area (Å²) in [6.07, 6.45) is 1.76. The maximum Gasteiger partial charge on any atom is 0.251 e. The Morgan fingerprint density at radius 3 is 2.80 bits per heavy atom. The van der Waals surface area contributed by atoms with E-state index in [4.69, 9.17) is 11.6 Å². The molecule has 1 heterocycles. The minimum Gasteiger partial charge on any atom is -0.348 e. The Hall–Kier alpha value is -2.01. The average Bonchev–Trinajstić information content (AvgIpc) is 2.77. The van der Waals surface area contributed by atoms with Crippen LogP contribution in [0.4, 0.5) is 5.95 Å². The molecule has 6 heteroatoms. The van der Waals surface area contributed by atoms with Crippen LogP contribution < -0.4 is 10.2 Å². The van der Waals surface area contributed by atoms with Crippen molar-refractivity contribution in [2.45, 2.75) is 6.54 Å². The Morgan fingerprint density at radius 2 is 2.20 bits per heavy atom. The predicted octanol–water partition coefficient (Wildman–Crippen LogP) is 2.07. The van der Waals surface area contributed by atoms with Gasteiger partial charge in [0.25, 0.3) is 5.91 Å². The third kappa shape index (κ3) is 3.11. The van der Waals surface area contributed by atoms with Crippen LogP contribution >= 0.6 is 11.6 Å². The van der Waals surface area contributed by atoms with E-state index in [9.17, 15) is 4.79 Å². The number of aromatic nitrogens is 2. The first-order valence-corrected chi connectivity index (χ1v) is 6.58. The van der Waals surface area contributed by atoms with Crippen LogP contribution in [0.1, 0.15) is 16.1 Å². The number of anilines is 1. The molecule has 0 fully saturated rings. The van der Waals surface area contributed by atoms with Crippen LogP contribution in [0.5, 0.6) is 0 Å². The molecule has 2 aromatic rings. The van der Waals surface area contributed by atoms with Gasteiger partial charge in [-0.3, -0.25) is 4.79 Å². The van der Waals surface area contributed by atoms with Gasteiger partial charge in [0.05, 0.1) is 18.4 Å². The molecule has 1 amide bonds. The van der Waals surface area contributed by atoms with E-state index in [2.05, 4.69) is 10.3 Å². The second-order valence-electron chi connectivity index (χ2n) is 4.70. The molecule has 5 nitrogen and oxygen atoms in total. The van der Waals surface area contributed by atoms with Crippen molar-refractivity contribution in [3.8, 4) is 0 Å². The maximum atomic E-state index is 12.0. The molecular weight excluding hydrogens is 276 g/mol. The van der Waals surface area contributed by atoms with E-state index in [-0.39, 0.29) is 5.91 Å². The summed E-state index contributed by atoms with van der Waals surface area (Å²) < 4.78 is 1.94. The van der Waals surface area contributed by atoms with E-state index in [0.717, 1.165) is 11.6 Å². The second-order valence-corrected chi connectivity index (χ2v) is 5.13. The van der Waals surface area contributed by atoms with Crippen molar-refractivity contribution in [1.29, 1.82) is 0 Å². The molecule has 0 saturated carbocycles. The Bertz CT molecular complexity index is 621. The highest BCUT2D eigenvalue weighted by atomic mass is 35.5. The summed E-state index contributed by atoms with van der Waals surface area (Å²) in [5.41, 5.74) is 1.48. The lowest BCUT2D eigenvalue weighted by atomic mass is 10.2. The van der Waals surface area contributed by atoms with Gasteiger partial charge in [0.15, 0.2) is 0 Å². The van der Waals surface area contributed by atoms with Crippen molar-refractivity contribution in [1.82, 2.24) is 14.9 Å². The van der Waals surface area contributed by atoms with E-state index in [1.807, 2.05) is 30.6 Å². The van der Waals surface area contributed by atoms with Gasteiger partial charge < -0.3 is 14.8 Å². The van der Waals surface area contributed by atoms with Crippen LogP contribution in [0.3, 0.4) is 0 Å². The number of nitrogens with one attached hydrogen (secondary N) is 1. The van der Waals surface area contributed by atoms with Crippen molar-refractivity contribution >= 4 is 23.5 Å². The summed E-state index contributed by atoms with van der Waals surface area (Å²) in [5.74, 6) is 0.692. The highest BCUT2D eigenvalue weighted by Crippen LogP contribution is 2.12. The maximum absolute atomic E-state index is 12.0. The number of halogens is 1. The number of nitrogens with zero attached hydrogens (tertiary/aromatic N) is 3. The topological polar surface area (TPSA) is 50.2 Å². The average molecular weight is 293 g/mol. The number of carbonyl (C=O) groups excluding carboxylic acids is 1.